The van der Waals surface area contributed by atoms with E-state index in [4.69, 9.17) is 0 Å². The van der Waals surface area contributed by atoms with Crippen LogP contribution in [0.5, 0.6) is 0 Å². The van der Waals surface area contributed by atoms with E-state index in [2.05, 4.69) is 37.3 Å². The van der Waals surface area contributed by atoms with Crippen LogP contribution in [-0.4, -0.2) is 16.1 Å². The molecule has 0 amide bonds. The van der Waals surface area contributed by atoms with Gasteiger partial charge in [-0.15, -0.1) is 0 Å². The summed E-state index contributed by atoms with van der Waals surface area (Å²) in [6.45, 7) is 2.18. The molecule has 2 atom stereocenters. The van der Waals surface area contributed by atoms with Crippen LogP contribution in [-0.2, 0) is 5.60 Å². The van der Waals surface area contributed by atoms with Crippen LogP contribution < -0.4 is 0 Å². The van der Waals surface area contributed by atoms with Crippen molar-refractivity contribution in [3.8, 4) is 0 Å². The van der Waals surface area contributed by atoms with E-state index < -0.39 is 5.60 Å². The summed E-state index contributed by atoms with van der Waals surface area (Å²) in [6.07, 6.45) is 0.857. The van der Waals surface area contributed by atoms with Crippen LogP contribution in [0.15, 0.2) is 42.5 Å². The van der Waals surface area contributed by atoms with E-state index in [-0.39, 0.29) is 0 Å². The smallest absolute Gasteiger partial charge is 0.0997 e. The molecule has 1 saturated heterocycles. The molecule has 1 fully saturated rings. The van der Waals surface area contributed by atoms with Gasteiger partial charge in [0, 0.05) is 11.0 Å². The number of aliphatic hydroxyl groups is 1. The van der Waals surface area contributed by atoms with E-state index in [0.29, 0.717) is 5.25 Å². The van der Waals surface area contributed by atoms with Crippen LogP contribution in [0.4, 0.5) is 0 Å². The van der Waals surface area contributed by atoms with Crippen molar-refractivity contribution in [2.24, 2.45) is 0 Å². The first-order valence-corrected chi connectivity index (χ1v) is 7.05. The number of rotatable bonds is 1. The van der Waals surface area contributed by atoms with Crippen LogP contribution in [0.2, 0.25) is 0 Å². The van der Waals surface area contributed by atoms with Crippen molar-refractivity contribution in [1.82, 2.24) is 0 Å². The minimum absolute atomic E-state index is 0.548. The van der Waals surface area contributed by atoms with Crippen molar-refractivity contribution in [2.75, 3.05) is 5.75 Å². The standard InChI is InChI=1S/C15H16OS/c1-11-9-15(16,10-17-11)14-7-6-12-4-2-3-5-13(12)8-14/h2-8,11,16H,9-10H2,1H3. The molecular formula is C15H16OS. The fourth-order valence-electron chi connectivity index (χ4n) is 2.55. The van der Waals surface area contributed by atoms with Gasteiger partial charge in [-0.05, 0) is 28.8 Å². The van der Waals surface area contributed by atoms with Gasteiger partial charge in [-0.1, -0.05) is 43.3 Å². The van der Waals surface area contributed by atoms with Crippen molar-refractivity contribution in [2.45, 2.75) is 24.2 Å². The average Bonchev–Trinajstić information content (AvgIpc) is 2.70. The maximum Gasteiger partial charge on any atom is 0.0997 e. The third kappa shape index (κ3) is 1.96. The Balaban J connectivity index is 2.06. The summed E-state index contributed by atoms with van der Waals surface area (Å²) in [5, 5.41) is 13.7. The second-order valence-electron chi connectivity index (χ2n) is 4.92. The summed E-state index contributed by atoms with van der Waals surface area (Å²) in [5.41, 5.74) is 0.432. The molecule has 0 bridgehead atoms. The Morgan fingerprint density at radius 1 is 1.18 bits per heavy atom. The molecule has 1 aliphatic heterocycles. The van der Waals surface area contributed by atoms with Gasteiger partial charge in [-0.25, -0.2) is 0 Å². The first-order chi connectivity index (χ1) is 8.17. The zero-order chi connectivity index (χ0) is 11.9. The molecule has 1 N–H and O–H groups in total. The first-order valence-electron chi connectivity index (χ1n) is 6.01. The van der Waals surface area contributed by atoms with Gasteiger partial charge >= 0.3 is 0 Å². The van der Waals surface area contributed by atoms with Crippen molar-refractivity contribution in [3.05, 3.63) is 48.0 Å². The molecule has 3 rings (SSSR count). The second kappa shape index (κ2) is 4.04. The molecule has 2 aromatic rings. The van der Waals surface area contributed by atoms with Gasteiger partial charge in [0.15, 0.2) is 0 Å². The normalized spacial score (nSPS) is 28.7. The third-order valence-electron chi connectivity index (χ3n) is 3.52. The fraction of sp³-hybridized carbons (Fsp3) is 0.333. The number of thioether (sulfide) groups is 1. The summed E-state index contributed by atoms with van der Waals surface area (Å²) in [4.78, 5) is 0. The Bertz CT molecular complexity index is 551. The topological polar surface area (TPSA) is 20.2 Å². The van der Waals surface area contributed by atoms with E-state index in [1.807, 2.05) is 23.9 Å². The maximum atomic E-state index is 10.7. The molecular weight excluding hydrogens is 228 g/mol. The highest BCUT2D eigenvalue weighted by molar-refractivity contribution is 8.00. The molecule has 17 heavy (non-hydrogen) atoms. The molecule has 1 heterocycles. The Morgan fingerprint density at radius 3 is 2.65 bits per heavy atom. The second-order valence-corrected chi connectivity index (χ2v) is 6.35. The molecule has 2 unspecified atom stereocenters. The third-order valence-corrected chi connectivity index (χ3v) is 4.90. The zero-order valence-corrected chi connectivity index (χ0v) is 10.7. The molecule has 2 heteroatoms. The monoisotopic (exact) mass is 244 g/mol. The minimum atomic E-state index is -0.631. The van der Waals surface area contributed by atoms with E-state index in [0.717, 1.165) is 17.7 Å². The lowest BCUT2D eigenvalue weighted by Crippen LogP contribution is -2.25. The molecule has 0 aliphatic carbocycles. The summed E-state index contributed by atoms with van der Waals surface area (Å²) >= 11 is 1.85. The van der Waals surface area contributed by atoms with E-state index in [9.17, 15) is 5.11 Å². The average molecular weight is 244 g/mol. The highest BCUT2D eigenvalue weighted by Crippen LogP contribution is 2.41. The van der Waals surface area contributed by atoms with Crippen LogP contribution in [0, 0.1) is 0 Å². The summed E-state index contributed by atoms with van der Waals surface area (Å²) in [5.74, 6) is 0.812. The fourth-order valence-corrected chi connectivity index (χ4v) is 3.79. The highest BCUT2D eigenvalue weighted by atomic mass is 32.2. The lowest BCUT2D eigenvalue weighted by Gasteiger charge is -2.22. The van der Waals surface area contributed by atoms with Crippen molar-refractivity contribution >= 4 is 22.5 Å². The molecule has 88 valence electrons. The highest BCUT2D eigenvalue weighted by Gasteiger charge is 2.37. The number of hydrogen-bond donors (Lipinski definition) is 1. The van der Waals surface area contributed by atoms with E-state index in [1.165, 1.54) is 10.8 Å². The number of benzene rings is 2. The molecule has 2 aromatic carbocycles. The van der Waals surface area contributed by atoms with Crippen molar-refractivity contribution < 1.29 is 5.11 Å². The molecule has 1 aliphatic rings. The Morgan fingerprint density at radius 2 is 1.94 bits per heavy atom. The molecule has 1 nitrogen and oxygen atoms in total. The SMILES string of the molecule is CC1CC(O)(c2ccc3ccccc3c2)CS1. The Kier molecular flexibility index (Phi) is 2.64. The van der Waals surface area contributed by atoms with Gasteiger partial charge in [-0.3, -0.25) is 0 Å². The van der Waals surface area contributed by atoms with Gasteiger partial charge in [0.25, 0.3) is 0 Å². The first kappa shape index (κ1) is 11.1. The lowest BCUT2D eigenvalue weighted by atomic mass is 9.90. The van der Waals surface area contributed by atoms with Gasteiger partial charge in [0.05, 0.1) is 5.60 Å². The van der Waals surface area contributed by atoms with Gasteiger partial charge < -0.3 is 5.11 Å². The summed E-state index contributed by atoms with van der Waals surface area (Å²) in [7, 11) is 0. The number of fused-ring (bicyclic) bond motifs is 1. The molecule has 0 spiro atoms. The Labute approximate surface area is 106 Å². The van der Waals surface area contributed by atoms with Crippen molar-refractivity contribution in [3.63, 3.8) is 0 Å². The largest absolute Gasteiger partial charge is 0.384 e. The predicted octanol–water partition coefficient (Wildman–Crippen LogP) is 3.55. The lowest BCUT2D eigenvalue weighted by molar-refractivity contribution is 0.0613. The van der Waals surface area contributed by atoms with Crippen LogP contribution in [0.1, 0.15) is 18.9 Å². The van der Waals surface area contributed by atoms with Crippen LogP contribution >= 0.6 is 11.8 Å². The van der Waals surface area contributed by atoms with Crippen LogP contribution in [0.3, 0.4) is 0 Å². The van der Waals surface area contributed by atoms with Gasteiger partial charge in [0.2, 0.25) is 0 Å². The van der Waals surface area contributed by atoms with Gasteiger partial charge in [0.1, 0.15) is 0 Å². The predicted molar refractivity (Wildman–Crippen MR) is 74.4 cm³/mol. The minimum Gasteiger partial charge on any atom is -0.384 e. The van der Waals surface area contributed by atoms with E-state index >= 15 is 0 Å². The summed E-state index contributed by atoms with van der Waals surface area (Å²) in [6, 6.07) is 14.6. The molecule has 0 saturated carbocycles. The summed E-state index contributed by atoms with van der Waals surface area (Å²) < 4.78 is 0. The zero-order valence-electron chi connectivity index (χ0n) is 9.89. The number of hydrogen-bond acceptors (Lipinski definition) is 2. The van der Waals surface area contributed by atoms with Crippen LogP contribution in [0.25, 0.3) is 10.8 Å². The molecule has 0 radical (unpaired) electrons. The quantitative estimate of drug-likeness (QED) is 0.828. The van der Waals surface area contributed by atoms with E-state index in [1.54, 1.807) is 0 Å². The Hall–Kier alpha value is -0.990. The molecule has 0 aromatic heterocycles. The van der Waals surface area contributed by atoms with Crippen molar-refractivity contribution in [1.29, 1.82) is 0 Å². The maximum absolute atomic E-state index is 10.7. The van der Waals surface area contributed by atoms with Gasteiger partial charge in [-0.2, -0.15) is 11.8 Å².